The normalized spacial score (nSPS) is 13.5. The second-order valence-corrected chi connectivity index (χ2v) is 21.3. The van der Waals surface area contributed by atoms with Crippen molar-refractivity contribution in [3.05, 3.63) is 0 Å². The third-order valence-corrected chi connectivity index (χ3v) is 17.0. The summed E-state index contributed by atoms with van der Waals surface area (Å²) in [5.41, 5.74) is 0. The molecular weight excluding hydrogens is 574 g/mol. The van der Waals surface area contributed by atoms with Crippen LogP contribution in [0, 0.1) is 5.92 Å². The zero-order valence-electron chi connectivity index (χ0n) is 32.1. The molecule has 0 fully saturated rings. The molecule has 0 N–H and O–H groups in total. The van der Waals surface area contributed by atoms with Crippen LogP contribution in [0.4, 0.5) is 0 Å². The van der Waals surface area contributed by atoms with E-state index in [2.05, 4.69) is 34.6 Å². The molecule has 0 rings (SSSR count). The molecule has 0 amide bonds. The van der Waals surface area contributed by atoms with Crippen LogP contribution < -0.4 is 4.89 Å². The average Bonchev–Trinajstić information content (AvgIpc) is 3.00. The van der Waals surface area contributed by atoms with Crippen LogP contribution in [0.25, 0.3) is 0 Å². The molecule has 0 aromatic heterocycles. The Morgan fingerprint density at radius 2 is 0.727 bits per heavy atom. The van der Waals surface area contributed by atoms with E-state index in [-0.39, 0.29) is 5.92 Å². The molecule has 0 spiro atoms. The van der Waals surface area contributed by atoms with Crippen LogP contribution in [0.1, 0.15) is 222 Å². The summed E-state index contributed by atoms with van der Waals surface area (Å²) in [7, 11) is -3.33. The van der Waals surface area contributed by atoms with Gasteiger partial charge in [-0.2, -0.15) is 0 Å². The third kappa shape index (κ3) is 27.7. The molecule has 0 aliphatic rings. The van der Waals surface area contributed by atoms with Gasteiger partial charge in [0, 0.05) is 20.4 Å². The van der Waals surface area contributed by atoms with Gasteiger partial charge in [0.05, 0.1) is 24.6 Å². The van der Waals surface area contributed by atoms with Crippen LogP contribution in [0.15, 0.2) is 0 Å². The van der Waals surface area contributed by atoms with Gasteiger partial charge in [-0.25, -0.2) is 0 Å². The first-order chi connectivity index (χ1) is 21.2. The molecule has 0 radical (unpaired) electrons. The van der Waals surface area contributed by atoms with Gasteiger partial charge in [0.15, 0.2) is 0 Å². The second-order valence-electron chi connectivity index (χ2n) is 15.0. The van der Waals surface area contributed by atoms with Crippen molar-refractivity contribution in [2.45, 2.75) is 227 Å². The summed E-state index contributed by atoms with van der Waals surface area (Å²) in [6, 6.07) is 0. The van der Waals surface area contributed by atoms with Crippen molar-refractivity contribution < 1.29 is 9.46 Å². The van der Waals surface area contributed by atoms with E-state index in [9.17, 15) is 9.46 Å². The lowest BCUT2D eigenvalue weighted by atomic mass is 9.93. The summed E-state index contributed by atoms with van der Waals surface area (Å²) in [6.07, 6.45) is 44.1. The Morgan fingerprint density at radius 3 is 0.977 bits per heavy atom. The number of rotatable bonds is 32. The van der Waals surface area contributed by atoms with Crippen LogP contribution in [-0.4, -0.2) is 29.8 Å². The lowest BCUT2D eigenvalue weighted by Gasteiger charge is -2.34. The topological polar surface area (TPSA) is 40.1 Å². The summed E-state index contributed by atoms with van der Waals surface area (Å²) in [5, 5.41) is -0.499. The minimum absolute atomic E-state index is 0.274. The molecule has 2 unspecified atom stereocenters. The Labute approximate surface area is 282 Å². The van der Waals surface area contributed by atoms with Gasteiger partial charge >= 0.3 is 0 Å². The van der Waals surface area contributed by atoms with Gasteiger partial charge in [-0.3, -0.25) is 0 Å². The zero-order valence-corrected chi connectivity index (χ0v) is 33.9. The minimum atomic E-state index is -2.63. The maximum atomic E-state index is 10.8. The van der Waals surface area contributed by atoms with Crippen LogP contribution >= 0.6 is 15.3 Å². The van der Waals surface area contributed by atoms with Gasteiger partial charge in [0.25, 0.3) is 0 Å². The summed E-state index contributed by atoms with van der Waals surface area (Å²) in [5.74, 6) is 0.274. The lowest BCUT2D eigenvalue weighted by Crippen LogP contribution is -2.28. The highest BCUT2D eigenvalue weighted by Crippen LogP contribution is 2.61. The van der Waals surface area contributed by atoms with E-state index in [4.69, 9.17) is 0 Å². The van der Waals surface area contributed by atoms with E-state index in [1.54, 1.807) is 50.3 Å². The predicted molar refractivity (Wildman–Crippen MR) is 207 cm³/mol. The summed E-state index contributed by atoms with van der Waals surface area (Å²) >= 11 is 0. The second kappa shape index (κ2) is 33.5. The Bertz CT molecular complexity index is 561. The number of hydrogen-bond acceptors (Lipinski definition) is 2. The highest BCUT2D eigenvalue weighted by molar-refractivity contribution is 7.75. The number of hydrogen-bond donors (Lipinski definition) is 0. The quantitative estimate of drug-likeness (QED) is 0.0532. The Kier molecular flexibility index (Phi) is 35.6. The first kappa shape index (κ1) is 46.7. The largest absolute Gasteiger partial charge is 0.801 e. The van der Waals surface area contributed by atoms with Crippen molar-refractivity contribution in [3.63, 3.8) is 0 Å². The summed E-state index contributed by atoms with van der Waals surface area (Å²) in [4.78, 5) is 10.8. The van der Waals surface area contributed by atoms with E-state index < -0.39 is 20.4 Å². The third-order valence-electron chi connectivity index (χ3n) is 10.4. The maximum absolute atomic E-state index is 10.8. The fourth-order valence-electron chi connectivity index (χ4n) is 6.58. The molecule has 0 aliphatic heterocycles. The molecular formula is C40H86O2P2. The molecule has 0 aliphatic carbocycles. The summed E-state index contributed by atoms with van der Waals surface area (Å²) in [6.45, 7) is 17.1. The Morgan fingerprint density at radius 1 is 0.477 bits per heavy atom. The van der Waals surface area contributed by atoms with Gasteiger partial charge in [-0.05, 0) is 57.3 Å². The Hall–Kier alpha value is 0.620. The molecule has 0 aromatic carbocycles. The lowest BCUT2D eigenvalue weighted by molar-refractivity contribution is -0.170. The fourth-order valence-corrected chi connectivity index (χ4v) is 12.0. The van der Waals surface area contributed by atoms with Crippen molar-refractivity contribution >= 4 is 15.3 Å². The maximum Gasteiger partial charge on any atom is 0.0594 e. The summed E-state index contributed by atoms with van der Waals surface area (Å²) < 4.78 is 10.8. The van der Waals surface area contributed by atoms with E-state index in [1.807, 2.05) is 20.8 Å². The molecule has 0 saturated carbocycles. The van der Waals surface area contributed by atoms with E-state index >= 15 is 0 Å². The van der Waals surface area contributed by atoms with Crippen LogP contribution in [0.2, 0.25) is 0 Å². The van der Waals surface area contributed by atoms with Crippen LogP contribution in [0.3, 0.4) is 0 Å². The number of unbranched alkanes of at least 4 members (excludes halogenated alkanes) is 20. The standard InChI is InChI=1S/C32H68P.C8H19O2P/c1-5-9-13-17-18-19-20-21-22-23-24-28-32-33(29-25-14-10-6-2,30-26-15-11-7-3)31-27-16-12-8-4;1-5-6-7(2)8(3,4)11(9)10/h5-32H2,1-4H3;7,11H,5-6H2,1-4H3,(H,9,10)/q+1;/p-1. The molecule has 4 heteroatoms. The highest BCUT2D eigenvalue weighted by atomic mass is 31.2. The average molecular weight is 661 g/mol. The first-order valence-corrected chi connectivity index (χ1v) is 24.1. The fraction of sp³-hybridized carbons (Fsp3) is 1.00. The SMILES string of the molecule is CCCC(C)C(C)(C)[PH](=O)[O-].CCCCCCCCCCCCCC[P+](CCCCCC)(CCCCCC)CCCCCC. The van der Waals surface area contributed by atoms with E-state index in [1.165, 1.54) is 128 Å². The van der Waals surface area contributed by atoms with Crippen molar-refractivity contribution in [2.75, 3.05) is 24.6 Å². The zero-order chi connectivity index (χ0) is 33.4. The monoisotopic (exact) mass is 661 g/mol. The molecule has 2 nitrogen and oxygen atoms in total. The van der Waals surface area contributed by atoms with Gasteiger partial charge < -0.3 is 9.46 Å². The van der Waals surface area contributed by atoms with Crippen LogP contribution in [0.5, 0.6) is 0 Å². The minimum Gasteiger partial charge on any atom is -0.801 e. The molecule has 0 aromatic rings. The van der Waals surface area contributed by atoms with E-state index in [0.29, 0.717) is 0 Å². The molecule has 44 heavy (non-hydrogen) atoms. The van der Waals surface area contributed by atoms with Gasteiger partial charge in [0.2, 0.25) is 0 Å². The van der Waals surface area contributed by atoms with Crippen molar-refractivity contribution in [2.24, 2.45) is 5.92 Å². The van der Waals surface area contributed by atoms with E-state index in [0.717, 1.165) is 12.8 Å². The molecule has 268 valence electrons. The molecule has 2 atom stereocenters. The Balaban J connectivity index is 0. The van der Waals surface area contributed by atoms with Crippen molar-refractivity contribution in [3.8, 4) is 0 Å². The first-order valence-electron chi connectivity index (χ1n) is 20.2. The highest BCUT2D eigenvalue weighted by Gasteiger charge is 2.35. The predicted octanol–water partition coefficient (Wildman–Crippen LogP) is 14.5. The van der Waals surface area contributed by atoms with Crippen molar-refractivity contribution in [1.82, 2.24) is 0 Å². The molecule has 0 saturated heterocycles. The van der Waals surface area contributed by atoms with Gasteiger partial charge in [-0.1, -0.05) is 171 Å². The smallest absolute Gasteiger partial charge is 0.0594 e. The van der Waals surface area contributed by atoms with Crippen LogP contribution in [-0.2, 0) is 4.57 Å². The molecule has 0 heterocycles. The van der Waals surface area contributed by atoms with Gasteiger partial charge in [-0.15, -0.1) is 0 Å². The molecule has 0 bridgehead atoms. The van der Waals surface area contributed by atoms with Gasteiger partial charge in [0.1, 0.15) is 0 Å². The van der Waals surface area contributed by atoms with Crippen molar-refractivity contribution in [1.29, 1.82) is 0 Å².